The first-order valence-electron chi connectivity index (χ1n) is 6.81. The van der Waals surface area contributed by atoms with Crippen LogP contribution in [0.25, 0.3) is 11.0 Å². The van der Waals surface area contributed by atoms with E-state index in [9.17, 15) is 18.0 Å². The van der Waals surface area contributed by atoms with Crippen molar-refractivity contribution < 1.29 is 18.0 Å². The van der Waals surface area contributed by atoms with Crippen molar-refractivity contribution in [1.82, 2.24) is 9.55 Å². The Kier molecular flexibility index (Phi) is 5.00. The number of thioether (sulfide) groups is 1. The Labute approximate surface area is 129 Å². The number of alkyl halides is 3. The lowest BCUT2D eigenvalue weighted by Gasteiger charge is -2.09. The van der Waals surface area contributed by atoms with Crippen LogP contribution in [0.2, 0.25) is 0 Å². The van der Waals surface area contributed by atoms with Crippen LogP contribution in [-0.2, 0) is 17.5 Å². The molecule has 120 valence electrons. The third kappa shape index (κ3) is 3.73. The molecule has 0 unspecified atom stereocenters. The van der Waals surface area contributed by atoms with Crippen LogP contribution in [-0.4, -0.2) is 21.2 Å². The molecule has 0 saturated heterocycles. The molecule has 2 rings (SSSR count). The first-order valence-corrected chi connectivity index (χ1v) is 7.80. The molecule has 1 aromatic heterocycles. The highest BCUT2D eigenvalue weighted by Crippen LogP contribution is 2.33. The van der Waals surface area contributed by atoms with Crippen LogP contribution >= 0.6 is 11.8 Å². The van der Waals surface area contributed by atoms with E-state index in [-0.39, 0.29) is 6.42 Å². The highest BCUT2D eigenvalue weighted by molar-refractivity contribution is 7.99. The van der Waals surface area contributed by atoms with Gasteiger partial charge in [-0.25, -0.2) is 4.98 Å². The Morgan fingerprint density at radius 3 is 2.73 bits per heavy atom. The lowest BCUT2D eigenvalue weighted by molar-refractivity contribution is -0.137. The number of rotatable bonds is 6. The van der Waals surface area contributed by atoms with Crippen LogP contribution in [0.5, 0.6) is 0 Å². The molecule has 4 nitrogen and oxygen atoms in total. The summed E-state index contributed by atoms with van der Waals surface area (Å²) < 4.78 is 40.3. The maximum Gasteiger partial charge on any atom is 0.416 e. The van der Waals surface area contributed by atoms with Gasteiger partial charge in [-0.3, -0.25) is 4.79 Å². The quantitative estimate of drug-likeness (QED) is 0.825. The number of amides is 1. The number of hydrogen-bond donors (Lipinski definition) is 1. The van der Waals surface area contributed by atoms with E-state index in [1.807, 2.05) is 6.92 Å². The number of carbonyl (C=O) groups is 1. The van der Waals surface area contributed by atoms with Crippen molar-refractivity contribution in [3.05, 3.63) is 23.8 Å². The SMILES string of the molecule is CCCn1c(SCCC(N)=O)nc2ccc(C(F)(F)F)cc21. The van der Waals surface area contributed by atoms with Gasteiger partial charge < -0.3 is 10.3 Å². The Balaban J connectivity index is 2.39. The van der Waals surface area contributed by atoms with Crippen LogP contribution in [0.4, 0.5) is 13.2 Å². The number of fused-ring (bicyclic) bond motifs is 1. The second-order valence-electron chi connectivity index (χ2n) is 4.81. The summed E-state index contributed by atoms with van der Waals surface area (Å²) in [5.74, 6) is 0.0408. The number of carbonyl (C=O) groups excluding carboxylic acids is 1. The summed E-state index contributed by atoms with van der Waals surface area (Å²) in [7, 11) is 0. The van der Waals surface area contributed by atoms with Gasteiger partial charge in [0.1, 0.15) is 0 Å². The van der Waals surface area contributed by atoms with E-state index >= 15 is 0 Å². The molecule has 1 heterocycles. The zero-order valence-electron chi connectivity index (χ0n) is 12.0. The summed E-state index contributed by atoms with van der Waals surface area (Å²) in [5, 5.41) is 0.609. The highest BCUT2D eigenvalue weighted by atomic mass is 32.2. The molecule has 0 atom stereocenters. The van der Waals surface area contributed by atoms with Gasteiger partial charge in [0.2, 0.25) is 5.91 Å². The van der Waals surface area contributed by atoms with E-state index < -0.39 is 17.6 Å². The number of imidazole rings is 1. The molecule has 0 spiro atoms. The predicted octanol–water partition coefficient (Wildman–Crippen LogP) is 3.43. The third-order valence-corrected chi connectivity index (χ3v) is 4.05. The number of nitrogens with two attached hydrogens (primary N) is 1. The summed E-state index contributed by atoms with van der Waals surface area (Å²) in [6, 6.07) is 3.53. The smallest absolute Gasteiger partial charge is 0.370 e. The maximum absolute atomic E-state index is 12.8. The fourth-order valence-corrected chi connectivity index (χ4v) is 3.06. The van der Waals surface area contributed by atoms with Gasteiger partial charge in [-0.15, -0.1) is 0 Å². The molecule has 0 bridgehead atoms. The predicted molar refractivity (Wildman–Crippen MR) is 79.6 cm³/mol. The summed E-state index contributed by atoms with van der Waals surface area (Å²) in [4.78, 5) is 15.1. The van der Waals surface area contributed by atoms with Crippen molar-refractivity contribution in [2.45, 2.75) is 37.6 Å². The molecular formula is C14H16F3N3OS. The van der Waals surface area contributed by atoms with Crippen molar-refractivity contribution >= 4 is 28.7 Å². The number of nitrogens with zero attached hydrogens (tertiary/aromatic N) is 2. The normalized spacial score (nSPS) is 12.0. The van der Waals surface area contributed by atoms with Gasteiger partial charge in [0.15, 0.2) is 5.16 Å². The number of halogens is 3. The summed E-state index contributed by atoms with van der Waals surface area (Å²) in [6.45, 7) is 2.51. The topological polar surface area (TPSA) is 60.9 Å². The molecule has 0 aliphatic rings. The summed E-state index contributed by atoms with van der Waals surface area (Å²) >= 11 is 1.32. The zero-order valence-corrected chi connectivity index (χ0v) is 12.8. The van der Waals surface area contributed by atoms with Gasteiger partial charge in [0.05, 0.1) is 16.6 Å². The molecule has 8 heteroatoms. The zero-order chi connectivity index (χ0) is 16.3. The van der Waals surface area contributed by atoms with Crippen LogP contribution in [0, 0.1) is 0 Å². The minimum Gasteiger partial charge on any atom is -0.370 e. The highest BCUT2D eigenvalue weighted by Gasteiger charge is 2.31. The number of benzene rings is 1. The van der Waals surface area contributed by atoms with Crippen molar-refractivity contribution in [3.8, 4) is 0 Å². The average Bonchev–Trinajstić information content (AvgIpc) is 2.75. The monoisotopic (exact) mass is 331 g/mol. The fourth-order valence-electron chi connectivity index (χ4n) is 2.07. The van der Waals surface area contributed by atoms with E-state index in [0.29, 0.717) is 28.5 Å². The van der Waals surface area contributed by atoms with E-state index in [0.717, 1.165) is 18.6 Å². The number of hydrogen-bond acceptors (Lipinski definition) is 3. The first kappa shape index (κ1) is 16.7. The Bertz CT molecular complexity index is 682. The van der Waals surface area contributed by atoms with Gasteiger partial charge in [-0.1, -0.05) is 18.7 Å². The standard InChI is InChI=1S/C14H16F3N3OS/c1-2-6-20-11-8-9(14(15,16)17)3-4-10(11)19-13(20)22-7-5-12(18)21/h3-4,8H,2,5-7H2,1H3,(H2,18,21). The molecule has 1 aromatic carbocycles. The molecule has 2 aromatic rings. The Morgan fingerprint density at radius 2 is 2.14 bits per heavy atom. The van der Waals surface area contributed by atoms with Crippen LogP contribution in [0.1, 0.15) is 25.3 Å². The molecule has 0 aliphatic heterocycles. The third-order valence-electron chi connectivity index (χ3n) is 3.07. The molecule has 0 aliphatic carbocycles. The van der Waals surface area contributed by atoms with Crippen LogP contribution in [0.3, 0.4) is 0 Å². The molecule has 22 heavy (non-hydrogen) atoms. The van der Waals surface area contributed by atoms with Crippen molar-refractivity contribution in [1.29, 1.82) is 0 Å². The fraction of sp³-hybridized carbons (Fsp3) is 0.429. The van der Waals surface area contributed by atoms with Gasteiger partial charge in [0, 0.05) is 18.7 Å². The summed E-state index contributed by atoms with van der Waals surface area (Å²) in [6.07, 6.45) is -3.41. The first-order chi connectivity index (χ1) is 10.3. The summed E-state index contributed by atoms with van der Waals surface area (Å²) in [5.41, 5.74) is 5.38. The van der Waals surface area contributed by atoms with E-state index in [1.165, 1.54) is 17.8 Å². The number of primary amides is 1. The van der Waals surface area contributed by atoms with Crippen LogP contribution in [0.15, 0.2) is 23.4 Å². The van der Waals surface area contributed by atoms with E-state index in [1.54, 1.807) is 4.57 Å². The van der Waals surface area contributed by atoms with Crippen molar-refractivity contribution in [2.24, 2.45) is 5.73 Å². The second kappa shape index (κ2) is 6.60. The Hall–Kier alpha value is -1.70. The van der Waals surface area contributed by atoms with E-state index in [2.05, 4.69) is 4.98 Å². The molecule has 0 saturated carbocycles. The number of aryl methyl sites for hydroxylation is 1. The molecule has 2 N–H and O–H groups in total. The van der Waals surface area contributed by atoms with Gasteiger partial charge in [-0.2, -0.15) is 13.2 Å². The molecule has 0 fully saturated rings. The minimum atomic E-state index is -4.38. The second-order valence-corrected chi connectivity index (χ2v) is 5.87. The van der Waals surface area contributed by atoms with Gasteiger partial charge in [0.25, 0.3) is 0 Å². The lowest BCUT2D eigenvalue weighted by Crippen LogP contribution is -2.11. The van der Waals surface area contributed by atoms with Crippen LogP contribution < -0.4 is 5.73 Å². The van der Waals surface area contributed by atoms with Gasteiger partial charge >= 0.3 is 6.18 Å². The van der Waals surface area contributed by atoms with Gasteiger partial charge in [-0.05, 0) is 24.6 Å². The van der Waals surface area contributed by atoms with E-state index in [4.69, 9.17) is 5.73 Å². The lowest BCUT2D eigenvalue weighted by atomic mass is 10.2. The molecule has 0 radical (unpaired) electrons. The van der Waals surface area contributed by atoms with Crippen molar-refractivity contribution in [3.63, 3.8) is 0 Å². The molecule has 1 amide bonds. The minimum absolute atomic E-state index is 0.202. The largest absolute Gasteiger partial charge is 0.416 e. The van der Waals surface area contributed by atoms with Crippen molar-refractivity contribution in [2.75, 3.05) is 5.75 Å². The number of aromatic nitrogens is 2. The Morgan fingerprint density at radius 1 is 1.41 bits per heavy atom. The molecular weight excluding hydrogens is 315 g/mol. The maximum atomic E-state index is 12.8. The average molecular weight is 331 g/mol.